The van der Waals surface area contributed by atoms with E-state index in [2.05, 4.69) is 10.1 Å². The molecule has 1 fully saturated rings. The third-order valence-corrected chi connectivity index (χ3v) is 8.47. The Balaban J connectivity index is 1.24. The molecular formula is C32H27N3O7. The normalized spacial score (nSPS) is 24.4. The van der Waals surface area contributed by atoms with Crippen molar-refractivity contribution in [3.8, 4) is 11.6 Å². The zero-order chi connectivity index (χ0) is 29.0. The van der Waals surface area contributed by atoms with Crippen LogP contribution < -0.4 is 15.2 Å². The third-order valence-electron chi connectivity index (χ3n) is 8.47. The molecule has 0 unspecified atom stereocenters. The lowest BCUT2D eigenvalue weighted by molar-refractivity contribution is -0.140. The van der Waals surface area contributed by atoms with Crippen LogP contribution in [-0.2, 0) is 24.4 Å². The molecule has 1 saturated carbocycles. The van der Waals surface area contributed by atoms with Gasteiger partial charge in [0.1, 0.15) is 30.3 Å². The van der Waals surface area contributed by atoms with Gasteiger partial charge in [0, 0.05) is 17.7 Å². The SMILES string of the molecule is N[C@@H]1c2onc(OCc3ccccc3)c2C(=O)[C@@]2(O)C(=O)C3=C(O)c4c(cncc4OCc4ccccc4)C[C@H]3C[C@@H]12. The summed E-state index contributed by atoms with van der Waals surface area (Å²) in [6.07, 6.45) is 3.60. The van der Waals surface area contributed by atoms with E-state index in [0.29, 0.717) is 23.3 Å². The molecule has 0 aliphatic heterocycles. The molecule has 0 bridgehead atoms. The largest absolute Gasteiger partial charge is 0.507 e. The standard InChI is InChI=1S/C32H27N3O7/c33-26-21-12-19-11-20-13-34-14-22(40-15-17-7-3-1-4-8-17)23(20)27(36)24(19)29(37)32(21,39)30(38)25-28(26)42-35-31(25)41-16-18-9-5-2-6-10-18/h1-10,13-14,19,21,26,36,39H,11-12,15-16,33H2/t19-,21-,26-,32-/m0/s1. The van der Waals surface area contributed by atoms with Crippen LogP contribution >= 0.6 is 0 Å². The second kappa shape index (κ2) is 9.93. The predicted octanol–water partition coefficient (Wildman–Crippen LogP) is 3.89. The van der Waals surface area contributed by atoms with Crippen molar-refractivity contribution in [1.29, 1.82) is 0 Å². The minimum Gasteiger partial charge on any atom is -0.507 e. The molecule has 2 heterocycles. The molecular weight excluding hydrogens is 538 g/mol. The van der Waals surface area contributed by atoms with Crippen LogP contribution in [0.3, 0.4) is 0 Å². The minimum absolute atomic E-state index is 0.0239. The van der Waals surface area contributed by atoms with E-state index in [0.717, 1.165) is 11.1 Å². The second-order valence-corrected chi connectivity index (χ2v) is 10.9. The second-order valence-electron chi connectivity index (χ2n) is 10.9. The van der Waals surface area contributed by atoms with Gasteiger partial charge >= 0.3 is 0 Å². The van der Waals surface area contributed by atoms with E-state index < -0.39 is 35.0 Å². The topological polar surface area (TPSA) is 158 Å². The van der Waals surface area contributed by atoms with E-state index in [-0.39, 0.29) is 48.2 Å². The van der Waals surface area contributed by atoms with Crippen molar-refractivity contribution in [1.82, 2.24) is 10.1 Å². The lowest BCUT2D eigenvalue weighted by Gasteiger charge is -2.47. The number of carbonyl (C=O) groups excluding carboxylic acids is 2. The molecule has 2 aromatic carbocycles. The number of pyridine rings is 1. The Morgan fingerprint density at radius 2 is 1.60 bits per heavy atom. The van der Waals surface area contributed by atoms with Crippen LogP contribution in [0.5, 0.6) is 11.6 Å². The van der Waals surface area contributed by atoms with Crippen LogP contribution in [0.15, 0.2) is 83.2 Å². The molecule has 4 atom stereocenters. The van der Waals surface area contributed by atoms with E-state index in [9.17, 15) is 19.8 Å². The summed E-state index contributed by atoms with van der Waals surface area (Å²) in [6, 6.07) is 17.8. The Morgan fingerprint density at radius 3 is 2.29 bits per heavy atom. The number of aromatic nitrogens is 2. The summed E-state index contributed by atoms with van der Waals surface area (Å²) >= 11 is 0. The number of fused-ring (bicyclic) bond motifs is 4. The first-order valence-electron chi connectivity index (χ1n) is 13.7. The van der Waals surface area contributed by atoms with Gasteiger partial charge in [-0.1, -0.05) is 60.7 Å². The molecule has 4 N–H and O–H groups in total. The Hall–Kier alpha value is -4.80. The van der Waals surface area contributed by atoms with Gasteiger partial charge in [-0.25, -0.2) is 0 Å². The summed E-state index contributed by atoms with van der Waals surface area (Å²) in [6.45, 7) is 0.309. The summed E-state index contributed by atoms with van der Waals surface area (Å²) in [5, 5.41) is 27.3. The molecule has 10 heteroatoms. The van der Waals surface area contributed by atoms with Gasteiger partial charge in [-0.05, 0) is 40.6 Å². The predicted molar refractivity (Wildman–Crippen MR) is 148 cm³/mol. The maximum Gasteiger partial charge on any atom is 0.265 e. The zero-order valence-electron chi connectivity index (χ0n) is 22.4. The summed E-state index contributed by atoms with van der Waals surface area (Å²) in [5.74, 6) is -3.40. The highest BCUT2D eigenvalue weighted by Gasteiger charge is 2.64. The van der Waals surface area contributed by atoms with Crippen molar-refractivity contribution in [2.75, 3.05) is 0 Å². The monoisotopic (exact) mass is 565 g/mol. The minimum atomic E-state index is -2.53. The number of aliphatic hydroxyl groups excluding tert-OH is 1. The number of carbonyl (C=O) groups is 2. The lowest BCUT2D eigenvalue weighted by atomic mass is 9.57. The maximum absolute atomic E-state index is 14.1. The van der Waals surface area contributed by atoms with E-state index in [1.54, 1.807) is 6.20 Å². The smallest absolute Gasteiger partial charge is 0.265 e. The fourth-order valence-electron chi connectivity index (χ4n) is 6.39. The quantitative estimate of drug-likeness (QED) is 0.293. The molecule has 4 aromatic rings. The van der Waals surface area contributed by atoms with Gasteiger partial charge < -0.3 is 29.9 Å². The van der Waals surface area contributed by atoms with Crippen molar-refractivity contribution in [2.24, 2.45) is 17.6 Å². The summed E-state index contributed by atoms with van der Waals surface area (Å²) in [5.41, 5.74) is 6.59. The summed E-state index contributed by atoms with van der Waals surface area (Å²) < 4.78 is 17.2. The number of hydrogen-bond donors (Lipinski definition) is 3. The fraction of sp³-hybridized carbons (Fsp3) is 0.250. The molecule has 0 saturated heterocycles. The molecule has 42 heavy (non-hydrogen) atoms. The molecule has 212 valence electrons. The van der Waals surface area contributed by atoms with Crippen LogP contribution in [0.2, 0.25) is 0 Å². The van der Waals surface area contributed by atoms with Crippen LogP contribution in [-0.4, -0.2) is 37.5 Å². The van der Waals surface area contributed by atoms with Crippen molar-refractivity contribution < 1.29 is 33.8 Å². The van der Waals surface area contributed by atoms with Gasteiger partial charge in [-0.2, -0.15) is 0 Å². The lowest BCUT2D eigenvalue weighted by Crippen LogP contribution is -2.62. The van der Waals surface area contributed by atoms with Gasteiger partial charge in [-0.3, -0.25) is 14.6 Å². The number of Topliss-reactive ketones (excluding diaryl/α,β-unsaturated/α-hetero) is 2. The van der Waals surface area contributed by atoms with E-state index in [1.807, 2.05) is 60.7 Å². The molecule has 7 rings (SSSR count). The van der Waals surface area contributed by atoms with Crippen molar-refractivity contribution >= 4 is 17.3 Å². The fourth-order valence-corrected chi connectivity index (χ4v) is 6.39. The van der Waals surface area contributed by atoms with E-state index >= 15 is 0 Å². The molecule has 0 radical (unpaired) electrons. The van der Waals surface area contributed by atoms with Crippen LogP contribution in [0.25, 0.3) is 5.76 Å². The van der Waals surface area contributed by atoms with Gasteiger partial charge in [0.2, 0.25) is 11.6 Å². The first kappa shape index (κ1) is 26.1. The van der Waals surface area contributed by atoms with Gasteiger partial charge in [0.05, 0.1) is 17.8 Å². The van der Waals surface area contributed by atoms with Gasteiger partial charge in [-0.15, -0.1) is 0 Å². The Kier molecular flexibility index (Phi) is 6.18. The number of hydrogen-bond acceptors (Lipinski definition) is 10. The molecule has 0 spiro atoms. The Bertz CT molecular complexity index is 1730. The average Bonchev–Trinajstić information content (AvgIpc) is 3.44. The van der Waals surface area contributed by atoms with Crippen LogP contribution in [0.4, 0.5) is 0 Å². The highest BCUT2D eigenvalue weighted by molar-refractivity contribution is 6.26. The molecule has 2 aromatic heterocycles. The molecule has 3 aliphatic rings. The first-order valence-corrected chi connectivity index (χ1v) is 13.7. The van der Waals surface area contributed by atoms with E-state index in [4.69, 9.17) is 19.7 Å². The first-order chi connectivity index (χ1) is 20.4. The van der Waals surface area contributed by atoms with Crippen molar-refractivity contribution in [2.45, 2.75) is 37.7 Å². The molecule has 3 aliphatic carbocycles. The number of ether oxygens (including phenoxy) is 2. The van der Waals surface area contributed by atoms with Gasteiger partial charge in [0.25, 0.3) is 5.88 Å². The van der Waals surface area contributed by atoms with Crippen LogP contribution in [0.1, 0.15) is 50.8 Å². The third kappa shape index (κ3) is 3.94. The molecule has 10 nitrogen and oxygen atoms in total. The number of benzene rings is 2. The number of nitrogens with two attached hydrogens (primary N) is 1. The average molecular weight is 566 g/mol. The maximum atomic E-state index is 14.1. The number of ketones is 2. The molecule has 0 amide bonds. The zero-order valence-corrected chi connectivity index (χ0v) is 22.4. The number of aliphatic hydroxyl groups is 2. The number of nitrogens with zero attached hydrogens (tertiary/aromatic N) is 2. The van der Waals surface area contributed by atoms with Crippen molar-refractivity contribution in [3.63, 3.8) is 0 Å². The van der Waals surface area contributed by atoms with Crippen LogP contribution in [0, 0.1) is 11.8 Å². The highest BCUT2D eigenvalue weighted by Crippen LogP contribution is 2.54. The Labute approximate surface area is 240 Å². The summed E-state index contributed by atoms with van der Waals surface area (Å²) in [7, 11) is 0. The number of rotatable bonds is 6. The van der Waals surface area contributed by atoms with Crippen molar-refractivity contribution in [3.05, 3.63) is 112 Å². The Morgan fingerprint density at radius 1 is 0.929 bits per heavy atom. The summed E-state index contributed by atoms with van der Waals surface area (Å²) in [4.78, 5) is 32.3. The highest BCUT2D eigenvalue weighted by atomic mass is 16.5. The van der Waals surface area contributed by atoms with E-state index in [1.165, 1.54) is 6.20 Å². The van der Waals surface area contributed by atoms with Gasteiger partial charge in [0.15, 0.2) is 11.4 Å².